The smallest absolute Gasteiger partial charge is 0.337 e. The van der Waals surface area contributed by atoms with Crippen LogP contribution in [0.15, 0.2) is 18.2 Å². The van der Waals surface area contributed by atoms with E-state index in [1.54, 1.807) is 19.1 Å². The van der Waals surface area contributed by atoms with E-state index in [0.29, 0.717) is 16.1 Å². The van der Waals surface area contributed by atoms with Crippen molar-refractivity contribution in [3.05, 3.63) is 34.3 Å². The molecule has 1 atom stereocenters. The first-order valence-corrected chi connectivity index (χ1v) is 4.49. The summed E-state index contributed by atoms with van der Waals surface area (Å²) in [4.78, 5) is 11.2. The Morgan fingerprint density at radius 3 is 2.64 bits per heavy atom. The summed E-state index contributed by atoms with van der Waals surface area (Å²) in [6.45, 7) is 1.60. The quantitative estimate of drug-likeness (QED) is 0.768. The number of carbonyl (C=O) groups is 1. The van der Waals surface area contributed by atoms with E-state index in [4.69, 9.17) is 11.6 Å². The van der Waals surface area contributed by atoms with E-state index in [9.17, 15) is 9.90 Å². The van der Waals surface area contributed by atoms with Crippen LogP contribution >= 0.6 is 11.6 Å². The number of halogens is 1. The van der Waals surface area contributed by atoms with E-state index < -0.39 is 12.1 Å². The van der Waals surface area contributed by atoms with E-state index in [1.165, 1.54) is 13.2 Å². The van der Waals surface area contributed by atoms with Crippen molar-refractivity contribution in [2.24, 2.45) is 0 Å². The fraction of sp³-hybridized carbons (Fsp3) is 0.300. The number of esters is 1. The zero-order valence-electron chi connectivity index (χ0n) is 7.95. The third kappa shape index (κ3) is 2.47. The summed E-state index contributed by atoms with van der Waals surface area (Å²) in [6, 6.07) is 4.67. The Hall–Kier alpha value is -1.06. The monoisotopic (exact) mass is 214 g/mol. The second-order valence-electron chi connectivity index (χ2n) is 2.94. The number of aliphatic hydroxyl groups excluding tert-OH is 1. The van der Waals surface area contributed by atoms with E-state index in [-0.39, 0.29) is 0 Å². The van der Waals surface area contributed by atoms with Gasteiger partial charge in [0.25, 0.3) is 0 Å². The second-order valence-corrected chi connectivity index (χ2v) is 3.38. The van der Waals surface area contributed by atoms with Crippen LogP contribution in [-0.2, 0) is 4.74 Å². The first-order chi connectivity index (χ1) is 6.54. The first kappa shape index (κ1) is 11.0. The maximum atomic E-state index is 11.2. The standard InChI is InChI=1S/C10H11ClO3/c1-6(12)7-3-8(10(13)14-2)5-9(11)4-7/h3-6,12H,1-2H3. The molecule has 0 aliphatic heterocycles. The summed E-state index contributed by atoms with van der Waals surface area (Å²) >= 11 is 5.78. The van der Waals surface area contributed by atoms with Crippen LogP contribution in [-0.4, -0.2) is 18.2 Å². The zero-order valence-corrected chi connectivity index (χ0v) is 8.71. The average molecular weight is 215 g/mol. The molecule has 1 aromatic carbocycles. The Kier molecular flexibility index (Phi) is 3.49. The van der Waals surface area contributed by atoms with E-state index in [1.807, 2.05) is 0 Å². The summed E-state index contributed by atoms with van der Waals surface area (Å²) < 4.78 is 4.55. The highest BCUT2D eigenvalue weighted by Crippen LogP contribution is 2.20. The summed E-state index contributed by atoms with van der Waals surface area (Å²) in [5.41, 5.74) is 0.939. The fourth-order valence-corrected chi connectivity index (χ4v) is 1.33. The van der Waals surface area contributed by atoms with Crippen LogP contribution in [0.25, 0.3) is 0 Å². The lowest BCUT2D eigenvalue weighted by molar-refractivity contribution is 0.0600. The number of aliphatic hydroxyl groups is 1. The van der Waals surface area contributed by atoms with Gasteiger partial charge in [-0.2, -0.15) is 0 Å². The minimum atomic E-state index is -0.655. The number of methoxy groups -OCH3 is 1. The highest BCUT2D eigenvalue weighted by molar-refractivity contribution is 6.31. The lowest BCUT2D eigenvalue weighted by atomic mass is 10.1. The summed E-state index contributed by atoms with van der Waals surface area (Å²) in [5, 5.41) is 9.72. The highest BCUT2D eigenvalue weighted by atomic mass is 35.5. The Morgan fingerprint density at radius 1 is 1.50 bits per heavy atom. The van der Waals surface area contributed by atoms with Gasteiger partial charge in [0.05, 0.1) is 18.8 Å². The van der Waals surface area contributed by atoms with Crippen molar-refractivity contribution in [2.75, 3.05) is 7.11 Å². The van der Waals surface area contributed by atoms with Gasteiger partial charge in [-0.1, -0.05) is 11.6 Å². The third-order valence-corrected chi connectivity index (χ3v) is 2.04. The molecular formula is C10H11ClO3. The number of hydrogen-bond donors (Lipinski definition) is 1. The maximum absolute atomic E-state index is 11.2. The largest absolute Gasteiger partial charge is 0.465 e. The Bertz CT molecular complexity index is 347. The van der Waals surface area contributed by atoms with Crippen LogP contribution in [0, 0.1) is 0 Å². The van der Waals surface area contributed by atoms with Gasteiger partial charge >= 0.3 is 5.97 Å². The minimum absolute atomic E-state index is 0.343. The molecule has 76 valence electrons. The molecule has 14 heavy (non-hydrogen) atoms. The second kappa shape index (κ2) is 4.44. The van der Waals surface area contributed by atoms with Gasteiger partial charge in [0.2, 0.25) is 0 Å². The van der Waals surface area contributed by atoms with Crippen molar-refractivity contribution in [1.29, 1.82) is 0 Å². The van der Waals surface area contributed by atoms with Crippen molar-refractivity contribution in [1.82, 2.24) is 0 Å². The van der Waals surface area contributed by atoms with Gasteiger partial charge in [-0.15, -0.1) is 0 Å². The molecule has 0 amide bonds. The number of rotatable bonds is 2. The Labute approximate surface area is 87.3 Å². The lowest BCUT2D eigenvalue weighted by Gasteiger charge is -2.07. The molecule has 3 nitrogen and oxygen atoms in total. The topological polar surface area (TPSA) is 46.5 Å². The van der Waals surface area contributed by atoms with Gasteiger partial charge in [0, 0.05) is 5.02 Å². The normalized spacial score (nSPS) is 12.3. The summed E-state index contributed by atoms with van der Waals surface area (Å²) in [5.74, 6) is -0.464. The minimum Gasteiger partial charge on any atom is -0.465 e. The van der Waals surface area contributed by atoms with Crippen LogP contribution < -0.4 is 0 Å². The molecule has 0 radical (unpaired) electrons. The molecule has 1 N–H and O–H groups in total. The molecule has 0 spiro atoms. The van der Waals surface area contributed by atoms with Crippen LogP contribution in [0.3, 0.4) is 0 Å². The number of carbonyl (C=O) groups excluding carboxylic acids is 1. The molecule has 4 heteroatoms. The first-order valence-electron chi connectivity index (χ1n) is 4.11. The van der Waals surface area contributed by atoms with Crippen molar-refractivity contribution in [2.45, 2.75) is 13.0 Å². The van der Waals surface area contributed by atoms with Crippen molar-refractivity contribution in [3.63, 3.8) is 0 Å². The van der Waals surface area contributed by atoms with Crippen molar-refractivity contribution < 1.29 is 14.6 Å². The fourth-order valence-electron chi connectivity index (χ4n) is 1.09. The van der Waals surface area contributed by atoms with Gasteiger partial charge in [-0.3, -0.25) is 0 Å². The van der Waals surface area contributed by atoms with Crippen molar-refractivity contribution >= 4 is 17.6 Å². The Balaban J connectivity index is 3.13. The molecule has 0 aliphatic carbocycles. The molecule has 0 bridgehead atoms. The predicted molar refractivity (Wildman–Crippen MR) is 53.4 cm³/mol. The molecule has 0 saturated carbocycles. The SMILES string of the molecule is COC(=O)c1cc(Cl)cc(C(C)O)c1. The van der Waals surface area contributed by atoms with Crippen LogP contribution in [0.1, 0.15) is 28.9 Å². The zero-order chi connectivity index (χ0) is 10.7. The van der Waals surface area contributed by atoms with E-state index in [0.717, 1.165) is 0 Å². The average Bonchev–Trinajstić information content (AvgIpc) is 2.15. The summed E-state index contributed by atoms with van der Waals surface area (Å²) in [6.07, 6.45) is -0.655. The maximum Gasteiger partial charge on any atom is 0.337 e. The number of hydrogen-bond acceptors (Lipinski definition) is 3. The highest BCUT2D eigenvalue weighted by Gasteiger charge is 2.10. The molecule has 0 heterocycles. The molecular weight excluding hydrogens is 204 g/mol. The number of ether oxygens (including phenoxy) is 1. The molecule has 1 rings (SSSR count). The van der Waals surface area contributed by atoms with E-state index >= 15 is 0 Å². The van der Waals surface area contributed by atoms with Gasteiger partial charge in [-0.25, -0.2) is 4.79 Å². The lowest BCUT2D eigenvalue weighted by Crippen LogP contribution is -2.03. The van der Waals surface area contributed by atoms with E-state index in [2.05, 4.69) is 4.74 Å². The molecule has 1 unspecified atom stereocenters. The number of benzene rings is 1. The van der Waals surface area contributed by atoms with Crippen LogP contribution in [0.4, 0.5) is 0 Å². The van der Waals surface area contributed by atoms with Gasteiger partial charge in [0.1, 0.15) is 0 Å². The molecule has 0 aromatic heterocycles. The third-order valence-electron chi connectivity index (χ3n) is 1.82. The summed E-state index contributed by atoms with van der Waals surface area (Å²) in [7, 11) is 1.30. The van der Waals surface area contributed by atoms with Gasteiger partial charge in [0.15, 0.2) is 0 Å². The van der Waals surface area contributed by atoms with Crippen LogP contribution in [0.5, 0.6) is 0 Å². The van der Waals surface area contributed by atoms with Gasteiger partial charge in [-0.05, 0) is 30.7 Å². The molecule has 1 aromatic rings. The van der Waals surface area contributed by atoms with Crippen LogP contribution in [0.2, 0.25) is 5.02 Å². The molecule has 0 fully saturated rings. The van der Waals surface area contributed by atoms with Gasteiger partial charge < -0.3 is 9.84 Å². The Morgan fingerprint density at radius 2 is 2.14 bits per heavy atom. The van der Waals surface area contributed by atoms with Crippen molar-refractivity contribution in [3.8, 4) is 0 Å². The predicted octanol–water partition coefficient (Wildman–Crippen LogP) is 2.18. The molecule has 0 saturated heterocycles. The molecule has 0 aliphatic rings.